The number of ether oxygens (including phenoxy) is 5. The van der Waals surface area contributed by atoms with Crippen LogP contribution in [0.1, 0.15) is 109 Å². The van der Waals surface area contributed by atoms with E-state index in [0.717, 1.165) is 67.2 Å². The second-order valence-electron chi connectivity index (χ2n) is 21.1. The molecular formula is C57H68N4O11. The Labute approximate surface area is 420 Å². The van der Waals surface area contributed by atoms with E-state index in [9.17, 15) is 30.0 Å². The number of fused-ring (bicyclic) bond motifs is 5. The third kappa shape index (κ3) is 7.97. The van der Waals surface area contributed by atoms with Gasteiger partial charge < -0.3 is 54.7 Å². The molecule has 3 aliphatic heterocycles. The summed E-state index contributed by atoms with van der Waals surface area (Å²) < 4.78 is 31.7. The Morgan fingerprint density at radius 1 is 0.903 bits per heavy atom. The predicted octanol–water partition coefficient (Wildman–Crippen LogP) is 6.72. The summed E-state index contributed by atoms with van der Waals surface area (Å²) in [6, 6.07) is 15.7. The number of aliphatic hydroxyl groups is 3. The number of hydrogen-bond acceptors (Lipinski definition) is 14. The van der Waals surface area contributed by atoms with Crippen LogP contribution < -0.4 is 39.6 Å². The molecule has 0 bridgehead atoms. The topological polar surface area (TPSA) is 201 Å². The number of aromatic hydroxyl groups is 1. The fraction of sp³-hybridized carbons (Fsp3) is 0.509. The van der Waals surface area contributed by atoms with Crippen LogP contribution in [-0.4, -0.2) is 104 Å². The summed E-state index contributed by atoms with van der Waals surface area (Å²) in [4.78, 5) is 27.6. The van der Waals surface area contributed by atoms with Crippen LogP contribution in [0.4, 0.5) is 5.69 Å². The number of methoxy groups -OCH3 is 1. The van der Waals surface area contributed by atoms with Crippen molar-refractivity contribution in [3.05, 3.63) is 99.6 Å². The fourth-order valence-corrected chi connectivity index (χ4v) is 14.3. The van der Waals surface area contributed by atoms with E-state index >= 15 is 0 Å². The molecule has 2 saturated carbocycles. The number of nitrogens with zero attached hydrogens (tertiary/aromatic N) is 1. The van der Waals surface area contributed by atoms with Gasteiger partial charge in [0.1, 0.15) is 30.6 Å². The molecule has 0 radical (unpaired) electrons. The molecule has 11 rings (SSSR count). The summed E-state index contributed by atoms with van der Waals surface area (Å²) in [5, 5.41) is 57.5. The zero-order valence-corrected chi connectivity index (χ0v) is 41.6. The molecule has 4 aromatic carbocycles. The predicted molar refractivity (Wildman–Crippen MR) is 270 cm³/mol. The van der Waals surface area contributed by atoms with E-state index in [1.54, 1.807) is 12.1 Å². The first kappa shape index (κ1) is 48.4. The Balaban J connectivity index is 0.930. The van der Waals surface area contributed by atoms with Crippen molar-refractivity contribution in [2.75, 3.05) is 72.3 Å². The van der Waals surface area contributed by atoms with Gasteiger partial charge in [0.05, 0.1) is 38.6 Å². The van der Waals surface area contributed by atoms with Gasteiger partial charge in [0.2, 0.25) is 5.75 Å². The zero-order chi connectivity index (χ0) is 49.9. The number of nitrogens with one attached hydrogen (secondary N) is 3. The van der Waals surface area contributed by atoms with E-state index in [1.165, 1.54) is 35.3 Å². The molecule has 1 spiro atoms. The third-order valence-corrected chi connectivity index (χ3v) is 17.7. The SMILES string of the molecule is CCNCOc1cc(OCCNC)c2c3c1[C@H](O)Nc1cc4c(c(c1-3)CC2)[C@@H](O)[C@H](c1cc(OC)c(O)c(OC[C@H](CO)[C@]23C[C@@H](CN5C(=O)C=CC5=O)C5(CCCC5)C[C@H]2CCc2ccccc23)c1)CO4. The molecule has 0 saturated heterocycles. The van der Waals surface area contributed by atoms with Gasteiger partial charge in [-0.25, -0.2) is 0 Å². The molecule has 2 amide bonds. The summed E-state index contributed by atoms with van der Waals surface area (Å²) in [7, 11) is 3.36. The molecular weight excluding hydrogens is 917 g/mol. The average molecular weight is 985 g/mol. The van der Waals surface area contributed by atoms with E-state index in [-0.39, 0.29) is 72.9 Å². The first-order valence-corrected chi connectivity index (χ1v) is 26.1. The molecule has 0 unspecified atom stereocenters. The molecule has 0 aromatic heterocycles. The summed E-state index contributed by atoms with van der Waals surface area (Å²) in [6.45, 7) is 4.36. The summed E-state index contributed by atoms with van der Waals surface area (Å²) in [5.74, 6) is 0.549. The Kier molecular flexibility index (Phi) is 13.1. The fourth-order valence-electron chi connectivity index (χ4n) is 14.3. The molecule has 15 heteroatoms. The van der Waals surface area contributed by atoms with Crippen molar-refractivity contribution < 1.29 is 53.7 Å². The van der Waals surface area contributed by atoms with Crippen LogP contribution >= 0.6 is 0 Å². The lowest BCUT2D eigenvalue weighted by atomic mass is 9.45. The average Bonchev–Trinajstić information content (AvgIpc) is 3.99. The summed E-state index contributed by atoms with van der Waals surface area (Å²) in [5.41, 5.74) is 8.07. The van der Waals surface area contributed by atoms with E-state index < -0.39 is 29.6 Å². The maximum atomic E-state index is 13.1. The maximum absolute atomic E-state index is 13.1. The van der Waals surface area contributed by atoms with Crippen LogP contribution in [0, 0.1) is 23.2 Å². The normalized spacial score (nSPS) is 25.5. The lowest BCUT2D eigenvalue weighted by Crippen LogP contribution is -2.58. The molecule has 72 heavy (non-hydrogen) atoms. The second kappa shape index (κ2) is 19.5. The monoisotopic (exact) mass is 984 g/mol. The van der Waals surface area contributed by atoms with Crippen LogP contribution in [0.25, 0.3) is 11.1 Å². The molecule has 7 atom stereocenters. The van der Waals surface area contributed by atoms with Crippen molar-refractivity contribution in [3.63, 3.8) is 0 Å². The first-order valence-electron chi connectivity index (χ1n) is 26.1. The first-order chi connectivity index (χ1) is 35.0. The Morgan fingerprint density at radius 3 is 2.44 bits per heavy atom. The van der Waals surface area contributed by atoms with Crippen LogP contribution in [0.2, 0.25) is 0 Å². The van der Waals surface area contributed by atoms with Crippen LogP contribution in [0.3, 0.4) is 0 Å². The van der Waals surface area contributed by atoms with Crippen molar-refractivity contribution >= 4 is 17.5 Å². The number of anilines is 1. The minimum absolute atomic E-state index is 0.0139. The number of phenols is 1. The van der Waals surface area contributed by atoms with Crippen LogP contribution in [-0.2, 0) is 34.3 Å². The van der Waals surface area contributed by atoms with Gasteiger partial charge in [-0.1, -0.05) is 44.0 Å². The number of rotatable bonds is 17. The highest BCUT2D eigenvalue weighted by molar-refractivity contribution is 6.12. The summed E-state index contributed by atoms with van der Waals surface area (Å²) >= 11 is 0. The number of hydrogen-bond donors (Lipinski definition) is 7. The number of benzene rings is 4. The number of carbonyl (C=O) groups excluding carboxylic acids is 2. The number of carbonyl (C=O) groups is 2. The molecule has 2 fully saturated rings. The third-order valence-electron chi connectivity index (χ3n) is 17.7. The van der Waals surface area contributed by atoms with Gasteiger partial charge in [-0.3, -0.25) is 19.8 Å². The van der Waals surface area contributed by atoms with Crippen LogP contribution in [0.5, 0.6) is 34.5 Å². The Bertz CT molecular complexity index is 2770. The van der Waals surface area contributed by atoms with Crippen molar-refractivity contribution in [2.24, 2.45) is 23.2 Å². The van der Waals surface area contributed by atoms with Gasteiger partial charge in [0.15, 0.2) is 17.7 Å². The highest BCUT2D eigenvalue weighted by Crippen LogP contribution is 2.65. The van der Waals surface area contributed by atoms with Gasteiger partial charge >= 0.3 is 0 Å². The van der Waals surface area contributed by atoms with Crippen molar-refractivity contribution in [1.29, 1.82) is 0 Å². The largest absolute Gasteiger partial charge is 0.502 e. The molecule has 4 aromatic rings. The number of aliphatic hydroxyl groups excluding tert-OH is 3. The molecule has 15 nitrogen and oxygen atoms in total. The number of amides is 2. The van der Waals surface area contributed by atoms with Gasteiger partial charge in [0, 0.05) is 82.6 Å². The van der Waals surface area contributed by atoms with Gasteiger partial charge in [-0.15, -0.1) is 0 Å². The minimum Gasteiger partial charge on any atom is -0.502 e. The standard InChI is InChI=1S/C57H68N4O11/c1-4-59-31-72-44-24-42(69-20-19-58-2)37-13-14-38-49-41(60-55(67)52(44)51(37)49)23-43-50(38)53(65)39(30-71-43)33-21-45(68-3)54(66)46(22-33)70-29-36(28-62)57-26-35(27-61-47(63)15-16-48(61)64)56(17-7-8-18-56)25-34(57)12-11-32-9-5-6-10-40(32)57/h5-6,9-10,15-16,21-24,34-36,39,53,55,58-60,62,65-67H,4,7-8,11-14,17-20,25-31H2,1-3H3/t34-,35+,36+,39+,53+,55+,57+/m1/s1. The Morgan fingerprint density at radius 2 is 1.68 bits per heavy atom. The van der Waals surface area contributed by atoms with E-state index in [4.69, 9.17) is 23.7 Å². The van der Waals surface area contributed by atoms with E-state index in [2.05, 4.69) is 40.2 Å². The molecule has 3 heterocycles. The van der Waals surface area contributed by atoms with Gasteiger partial charge in [-0.2, -0.15) is 0 Å². The van der Waals surface area contributed by atoms with Crippen molar-refractivity contribution in [2.45, 2.75) is 94.8 Å². The highest BCUT2D eigenvalue weighted by Gasteiger charge is 2.60. The van der Waals surface area contributed by atoms with Crippen LogP contribution in [0.15, 0.2) is 60.7 Å². The highest BCUT2D eigenvalue weighted by atomic mass is 16.5. The molecule has 7 aliphatic rings. The lowest BCUT2D eigenvalue weighted by molar-refractivity contribution is -0.140. The quantitative estimate of drug-likeness (QED) is 0.0334. The second-order valence-corrected chi connectivity index (χ2v) is 21.1. The summed E-state index contributed by atoms with van der Waals surface area (Å²) in [6.07, 6.45) is 9.64. The van der Waals surface area contributed by atoms with E-state index in [0.29, 0.717) is 85.1 Å². The zero-order valence-electron chi connectivity index (χ0n) is 41.6. The van der Waals surface area contributed by atoms with Crippen molar-refractivity contribution in [1.82, 2.24) is 15.5 Å². The van der Waals surface area contributed by atoms with Gasteiger partial charge in [0.25, 0.3) is 11.8 Å². The molecule has 382 valence electrons. The van der Waals surface area contributed by atoms with E-state index in [1.807, 2.05) is 26.1 Å². The lowest BCUT2D eigenvalue weighted by Gasteiger charge is -2.60. The van der Waals surface area contributed by atoms with Gasteiger partial charge in [-0.05, 0) is 117 Å². The Hall–Kier alpha value is -5.84. The maximum Gasteiger partial charge on any atom is 0.253 e. The number of phenolic OH excluding ortho intramolecular Hbond substituents is 1. The molecule has 7 N–H and O–H groups in total. The molecule has 4 aliphatic carbocycles. The minimum atomic E-state index is -1.07. The smallest absolute Gasteiger partial charge is 0.253 e. The number of aryl methyl sites for hydroxylation is 1. The number of likely N-dealkylation sites (N-methyl/N-ethyl adjacent to an activating group) is 1. The van der Waals surface area contributed by atoms with Crippen molar-refractivity contribution in [3.8, 4) is 45.6 Å². The number of imide groups is 1.